The van der Waals surface area contributed by atoms with Gasteiger partial charge in [-0.3, -0.25) is 0 Å². The Morgan fingerprint density at radius 2 is 1.85 bits per heavy atom. The first-order chi connectivity index (χ1) is 9.65. The third-order valence-corrected chi connectivity index (χ3v) is 3.45. The first kappa shape index (κ1) is 12.9. The molecule has 0 aliphatic heterocycles. The molecule has 0 N–H and O–H groups in total. The van der Waals surface area contributed by atoms with Crippen LogP contribution in [0.4, 0.5) is 5.82 Å². The van der Waals surface area contributed by atoms with Crippen LogP contribution in [-0.2, 0) is 6.54 Å². The van der Waals surface area contributed by atoms with Crippen molar-refractivity contribution in [2.75, 3.05) is 11.9 Å². The molecule has 0 saturated heterocycles. The first-order valence-electron chi connectivity index (χ1n) is 6.32. The largest absolute Gasteiger partial charge is 0.464 e. The molecule has 0 saturated carbocycles. The number of aromatic nitrogens is 2. The molecule has 0 spiro atoms. The fourth-order valence-corrected chi connectivity index (χ4v) is 2.42. The number of benzene rings is 1. The monoisotopic (exact) mass is 287 g/mol. The van der Waals surface area contributed by atoms with Gasteiger partial charge in [-0.2, -0.15) is 0 Å². The maximum Gasteiger partial charge on any atom is 0.159 e. The molecule has 4 nitrogen and oxygen atoms in total. The summed E-state index contributed by atoms with van der Waals surface area (Å²) < 4.78 is 5.60. The van der Waals surface area contributed by atoms with Gasteiger partial charge in [0.2, 0.25) is 0 Å². The molecule has 0 radical (unpaired) electrons. The number of hydrogen-bond acceptors (Lipinski definition) is 4. The highest BCUT2D eigenvalue weighted by Gasteiger charge is 2.12. The van der Waals surface area contributed by atoms with Gasteiger partial charge in [0, 0.05) is 17.8 Å². The van der Waals surface area contributed by atoms with E-state index in [4.69, 9.17) is 16.0 Å². The van der Waals surface area contributed by atoms with E-state index in [1.807, 2.05) is 55.3 Å². The third kappa shape index (κ3) is 2.34. The fraction of sp³-hybridized carbons (Fsp3) is 0.200. The van der Waals surface area contributed by atoms with E-state index in [9.17, 15) is 0 Å². The molecule has 0 aliphatic carbocycles. The summed E-state index contributed by atoms with van der Waals surface area (Å²) in [5.41, 5.74) is 0. The van der Waals surface area contributed by atoms with Crippen LogP contribution in [-0.4, -0.2) is 17.2 Å². The molecule has 3 rings (SSSR count). The van der Waals surface area contributed by atoms with Crippen molar-refractivity contribution in [1.29, 1.82) is 0 Å². The minimum Gasteiger partial charge on any atom is -0.464 e. The van der Waals surface area contributed by atoms with Crippen molar-refractivity contribution in [3.63, 3.8) is 0 Å². The molecule has 2 aromatic heterocycles. The molecule has 20 heavy (non-hydrogen) atoms. The van der Waals surface area contributed by atoms with Crippen molar-refractivity contribution < 1.29 is 4.42 Å². The summed E-state index contributed by atoms with van der Waals surface area (Å²) in [7, 11) is 1.96. The summed E-state index contributed by atoms with van der Waals surface area (Å²) in [5.74, 6) is 2.59. The molecule has 0 bridgehead atoms. The van der Waals surface area contributed by atoms with Gasteiger partial charge in [-0.25, -0.2) is 0 Å². The van der Waals surface area contributed by atoms with Crippen LogP contribution in [0.3, 0.4) is 0 Å². The van der Waals surface area contributed by atoms with E-state index < -0.39 is 0 Å². The molecule has 3 aromatic rings. The molecular weight excluding hydrogens is 274 g/mol. The van der Waals surface area contributed by atoms with Gasteiger partial charge in [0.25, 0.3) is 0 Å². The summed E-state index contributed by atoms with van der Waals surface area (Å²) in [4.78, 5) is 2.00. The number of rotatable bonds is 3. The normalized spacial score (nSPS) is 10.9. The number of aryl methyl sites for hydroxylation is 1. The Balaban J connectivity index is 1.99. The summed E-state index contributed by atoms with van der Waals surface area (Å²) in [6, 6.07) is 11.8. The number of fused-ring (bicyclic) bond motifs is 1. The van der Waals surface area contributed by atoms with E-state index >= 15 is 0 Å². The number of anilines is 1. The summed E-state index contributed by atoms with van der Waals surface area (Å²) in [6.07, 6.45) is 0. The van der Waals surface area contributed by atoms with E-state index in [-0.39, 0.29) is 0 Å². The average molecular weight is 288 g/mol. The Labute approximate surface area is 122 Å². The minimum absolute atomic E-state index is 0.423. The van der Waals surface area contributed by atoms with Crippen molar-refractivity contribution in [2.24, 2.45) is 0 Å². The standard InChI is InChI=1S/C15H14ClN3O/c1-10-7-8-11(20-10)9-19(2)15-13-6-4-3-5-12(13)14(16)17-18-15/h3-8H,9H2,1-2H3. The van der Waals surface area contributed by atoms with Gasteiger partial charge in [0.05, 0.1) is 6.54 Å². The lowest BCUT2D eigenvalue weighted by Gasteiger charge is -2.18. The van der Waals surface area contributed by atoms with Gasteiger partial charge < -0.3 is 9.32 Å². The van der Waals surface area contributed by atoms with Gasteiger partial charge in [-0.1, -0.05) is 35.9 Å². The zero-order valence-corrected chi connectivity index (χ0v) is 12.1. The third-order valence-electron chi connectivity index (χ3n) is 3.17. The molecule has 1 aromatic carbocycles. The molecule has 0 fully saturated rings. The van der Waals surface area contributed by atoms with Crippen LogP contribution >= 0.6 is 11.6 Å². The van der Waals surface area contributed by atoms with Crippen LogP contribution < -0.4 is 4.90 Å². The van der Waals surface area contributed by atoms with E-state index in [1.165, 1.54) is 0 Å². The lowest BCUT2D eigenvalue weighted by atomic mass is 10.2. The maximum absolute atomic E-state index is 6.09. The number of nitrogens with zero attached hydrogens (tertiary/aromatic N) is 3. The predicted octanol–water partition coefficient (Wildman–Crippen LogP) is 3.82. The number of furan rings is 1. The SMILES string of the molecule is Cc1ccc(CN(C)c2nnc(Cl)c3ccccc23)o1. The quantitative estimate of drug-likeness (QED) is 0.734. The second kappa shape index (κ2) is 5.13. The van der Waals surface area contributed by atoms with E-state index in [2.05, 4.69) is 10.2 Å². The van der Waals surface area contributed by atoms with E-state index in [0.717, 1.165) is 28.1 Å². The number of hydrogen-bond donors (Lipinski definition) is 0. The van der Waals surface area contributed by atoms with Gasteiger partial charge in [0.1, 0.15) is 11.5 Å². The fourth-order valence-electron chi connectivity index (χ4n) is 2.22. The van der Waals surface area contributed by atoms with E-state index in [1.54, 1.807) is 0 Å². The Kier molecular flexibility index (Phi) is 3.32. The minimum atomic E-state index is 0.423. The first-order valence-corrected chi connectivity index (χ1v) is 6.70. The van der Waals surface area contributed by atoms with Gasteiger partial charge in [-0.05, 0) is 19.1 Å². The second-order valence-electron chi connectivity index (χ2n) is 4.73. The van der Waals surface area contributed by atoms with Crippen LogP contribution in [0, 0.1) is 6.92 Å². The lowest BCUT2D eigenvalue weighted by Crippen LogP contribution is -2.18. The van der Waals surface area contributed by atoms with E-state index in [0.29, 0.717) is 11.7 Å². The summed E-state index contributed by atoms with van der Waals surface area (Å²) >= 11 is 6.09. The molecule has 0 unspecified atom stereocenters. The molecular formula is C15H14ClN3O. The highest BCUT2D eigenvalue weighted by atomic mass is 35.5. The average Bonchev–Trinajstić information content (AvgIpc) is 2.84. The van der Waals surface area contributed by atoms with Gasteiger partial charge in [0.15, 0.2) is 11.0 Å². The Bertz CT molecular complexity index is 754. The molecule has 0 amide bonds. The zero-order valence-electron chi connectivity index (χ0n) is 11.3. The molecule has 102 valence electrons. The van der Waals surface area contributed by atoms with Gasteiger partial charge >= 0.3 is 0 Å². The topological polar surface area (TPSA) is 42.2 Å². The second-order valence-corrected chi connectivity index (χ2v) is 5.09. The highest BCUT2D eigenvalue weighted by molar-refractivity contribution is 6.34. The van der Waals surface area contributed by atoms with Crippen molar-refractivity contribution >= 4 is 28.2 Å². The van der Waals surface area contributed by atoms with Gasteiger partial charge in [-0.15, -0.1) is 10.2 Å². The molecule has 0 aliphatic rings. The van der Waals surface area contributed by atoms with Crippen LogP contribution in [0.25, 0.3) is 10.8 Å². The van der Waals surface area contributed by atoms with Crippen molar-refractivity contribution in [2.45, 2.75) is 13.5 Å². The van der Waals surface area contributed by atoms with Crippen molar-refractivity contribution in [3.8, 4) is 0 Å². The highest BCUT2D eigenvalue weighted by Crippen LogP contribution is 2.28. The lowest BCUT2D eigenvalue weighted by molar-refractivity contribution is 0.481. The van der Waals surface area contributed by atoms with Crippen LogP contribution in [0.1, 0.15) is 11.5 Å². The van der Waals surface area contributed by atoms with Crippen LogP contribution in [0.5, 0.6) is 0 Å². The van der Waals surface area contributed by atoms with Crippen molar-refractivity contribution in [1.82, 2.24) is 10.2 Å². The molecule has 0 atom stereocenters. The predicted molar refractivity (Wildman–Crippen MR) is 80.1 cm³/mol. The Hall–Kier alpha value is -2.07. The number of halogens is 1. The smallest absolute Gasteiger partial charge is 0.159 e. The van der Waals surface area contributed by atoms with Crippen LogP contribution in [0.15, 0.2) is 40.8 Å². The molecule has 2 heterocycles. The van der Waals surface area contributed by atoms with Crippen LogP contribution in [0.2, 0.25) is 5.15 Å². The zero-order chi connectivity index (χ0) is 14.1. The van der Waals surface area contributed by atoms with Crippen molar-refractivity contribution in [3.05, 3.63) is 53.1 Å². The molecule has 5 heteroatoms. The summed E-state index contributed by atoms with van der Waals surface area (Å²) in [5, 5.41) is 10.5. The Morgan fingerprint density at radius 1 is 1.10 bits per heavy atom. The maximum atomic E-state index is 6.09. The Morgan fingerprint density at radius 3 is 2.55 bits per heavy atom. The summed E-state index contributed by atoms with van der Waals surface area (Å²) in [6.45, 7) is 2.56.